The van der Waals surface area contributed by atoms with Crippen molar-refractivity contribution in [2.75, 3.05) is 13.1 Å². The monoisotopic (exact) mass is 507 g/mol. The normalized spacial score (nSPS) is 19.1. The van der Waals surface area contributed by atoms with Crippen LogP contribution in [-0.2, 0) is 27.8 Å². The number of aromatic nitrogens is 3. The lowest BCUT2D eigenvalue weighted by atomic mass is 10.00. The Balaban J connectivity index is 1.41. The molecule has 4 heterocycles. The molecule has 1 amide bonds. The first-order valence-corrected chi connectivity index (χ1v) is 12.3. The first kappa shape index (κ1) is 23.4. The van der Waals surface area contributed by atoms with E-state index in [9.17, 15) is 26.4 Å². The van der Waals surface area contributed by atoms with Gasteiger partial charge in [0.25, 0.3) is 0 Å². The molecule has 1 fully saturated rings. The molecule has 5 rings (SSSR count). The van der Waals surface area contributed by atoms with Crippen molar-refractivity contribution in [1.82, 2.24) is 24.4 Å². The predicted octanol–water partition coefficient (Wildman–Crippen LogP) is 3.10. The van der Waals surface area contributed by atoms with E-state index in [4.69, 9.17) is 4.42 Å². The number of carbonyl (C=O) groups is 1. The van der Waals surface area contributed by atoms with Crippen LogP contribution in [0.25, 0.3) is 11.5 Å². The molecule has 13 heteroatoms. The Bertz CT molecular complexity index is 1360. The molecule has 9 nitrogen and oxygen atoms in total. The average Bonchev–Trinajstić information content (AvgIpc) is 3.53. The molecule has 1 saturated heterocycles. The van der Waals surface area contributed by atoms with Crippen molar-refractivity contribution < 1.29 is 30.8 Å². The summed E-state index contributed by atoms with van der Waals surface area (Å²) in [7, 11) is -4.02. The van der Waals surface area contributed by atoms with Gasteiger partial charge in [-0.1, -0.05) is 6.07 Å². The van der Waals surface area contributed by atoms with E-state index in [2.05, 4.69) is 15.2 Å². The minimum Gasteiger partial charge on any atom is -0.419 e. The van der Waals surface area contributed by atoms with E-state index in [1.807, 2.05) is 0 Å². The molecule has 2 aromatic heterocycles. The number of alkyl halides is 3. The highest BCUT2D eigenvalue weighted by Crippen LogP contribution is 2.37. The van der Waals surface area contributed by atoms with Crippen molar-refractivity contribution in [3.63, 3.8) is 0 Å². The van der Waals surface area contributed by atoms with Crippen molar-refractivity contribution in [3.8, 4) is 11.5 Å². The number of hydrogen-bond acceptors (Lipinski definition) is 7. The van der Waals surface area contributed by atoms with Crippen LogP contribution < -0.4 is 0 Å². The summed E-state index contributed by atoms with van der Waals surface area (Å²) in [4.78, 5) is 16.2. The second kappa shape index (κ2) is 8.72. The van der Waals surface area contributed by atoms with Crippen LogP contribution in [0, 0.1) is 0 Å². The maximum absolute atomic E-state index is 13.5. The third kappa shape index (κ3) is 4.41. The zero-order valence-corrected chi connectivity index (χ0v) is 19.1. The van der Waals surface area contributed by atoms with E-state index in [1.54, 1.807) is 30.6 Å². The molecule has 1 aromatic carbocycles. The fraction of sp³-hybridized carbons (Fsp3) is 0.364. The summed E-state index contributed by atoms with van der Waals surface area (Å²) >= 11 is 0. The number of fused-ring (bicyclic) bond motifs is 1. The number of benzene rings is 1. The van der Waals surface area contributed by atoms with Crippen LogP contribution in [0.1, 0.15) is 35.9 Å². The quantitative estimate of drug-likeness (QED) is 0.534. The van der Waals surface area contributed by atoms with Crippen molar-refractivity contribution >= 4 is 15.9 Å². The fourth-order valence-corrected chi connectivity index (χ4v) is 6.14. The van der Waals surface area contributed by atoms with Gasteiger partial charge in [-0.2, -0.15) is 17.5 Å². The number of halogens is 3. The smallest absolute Gasteiger partial charge is 0.419 e. The van der Waals surface area contributed by atoms with Gasteiger partial charge in [0.05, 0.1) is 4.90 Å². The van der Waals surface area contributed by atoms with Crippen LogP contribution in [0.5, 0.6) is 0 Å². The van der Waals surface area contributed by atoms with Crippen LogP contribution in [0.15, 0.2) is 52.0 Å². The molecule has 1 unspecified atom stereocenters. The molecule has 0 aliphatic carbocycles. The molecular formula is C22H20F3N5O4S. The van der Waals surface area contributed by atoms with Gasteiger partial charge in [-0.25, -0.2) is 8.42 Å². The van der Waals surface area contributed by atoms with Gasteiger partial charge in [0.1, 0.15) is 6.04 Å². The lowest BCUT2D eigenvalue weighted by Crippen LogP contribution is -2.43. The van der Waals surface area contributed by atoms with Gasteiger partial charge in [-0.05, 0) is 54.7 Å². The molecule has 2 aliphatic rings. The van der Waals surface area contributed by atoms with Gasteiger partial charge in [0.2, 0.25) is 21.8 Å². The van der Waals surface area contributed by atoms with Crippen molar-refractivity contribution in [1.29, 1.82) is 0 Å². The molecule has 1 atom stereocenters. The highest BCUT2D eigenvalue weighted by molar-refractivity contribution is 7.89. The highest BCUT2D eigenvalue weighted by Gasteiger charge is 2.44. The summed E-state index contributed by atoms with van der Waals surface area (Å²) in [6.45, 7) is -0.155. The van der Waals surface area contributed by atoms with Crippen LogP contribution >= 0.6 is 0 Å². The molecule has 184 valence electrons. The number of rotatable bonds is 4. The summed E-state index contributed by atoms with van der Waals surface area (Å²) in [6.07, 6.45) is -0.561. The fourth-order valence-electron chi connectivity index (χ4n) is 4.44. The third-order valence-corrected chi connectivity index (χ3v) is 8.09. The number of hydrogen-bond donors (Lipinski definition) is 0. The summed E-state index contributed by atoms with van der Waals surface area (Å²) in [6, 6.07) is 7.12. The van der Waals surface area contributed by atoms with E-state index >= 15 is 0 Å². The van der Waals surface area contributed by atoms with Crippen LogP contribution in [0.3, 0.4) is 0 Å². The highest BCUT2D eigenvalue weighted by atomic mass is 32.2. The first-order chi connectivity index (χ1) is 16.6. The Labute approximate surface area is 198 Å². The van der Waals surface area contributed by atoms with E-state index < -0.39 is 28.1 Å². The molecular weight excluding hydrogens is 487 g/mol. The van der Waals surface area contributed by atoms with Gasteiger partial charge in [-0.3, -0.25) is 9.78 Å². The maximum atomic E-state index is 13.5. The minimum absolute atomic E-state index is 0.0571. The SMILES string of the molecule is O=C(N1CCc2ccc(S(=O)(=O)N3CCCC3c3nnc(-c4ccncc4)o3)cc2C1)C(F)(F)F. The van der Waals surface area contributed by atoms with Gasteiger partial charge in [-0.15, -0.1) is 10.2 Å². The van der Waals surface area contributed by atoms with Crippen LogP contribution in [-0.4, -0.2) is 58.0 Å². The molecule has 0 saturated carbocycles. The van der Waals surface area contributed by atoms with E-state index in [-0.39, 0.29) is 42.7 Å². The first-order valence-electron chi connectivity index (χ1n) is 10.9. The Morgan fingerprint density at radius 2 is 1.83 bits per heavy atom. The van der Waals surface area contributed by atoms with Gasteiger partial charge in [0.15, 0.2) is 0 Å². The summed E-state index contributed by atoms with van der Waals surface area (Å²) in [5.41, 5.74) is 1.74. The lowest BCUT2D eigenvalue weighted by Gasteiger charge is -2.30. The van der Waals surface area contributed by atoms with Crippen LogP contribution in [0.4, 0.5) is 13.2 Å². The standard InChI is InChI=1S/C22H20F3N5O4S/c23-22(24,25)21(31)29-11-7-14-3-4-17(12-16(14)13-29)35(32,33)30-10-1-2-18(30)20-28-27-19(34-20)15-5-8-26-9-6-15/h3-6,8-9,12,18H,1-2,7,10-11,13H2. The maximum Gasteiger partial charge on any atom is 0.471 e. The third-order valence-electron chi connectivity index (χ3n) is 6.18. The van der Waals surface area contributed by atoms with Crippen molar-refractivity contribution in [2.45, 2.75) is 42.9 Å². The van der Waals surface area contributed by atoms with E-state index in [0.717, 1.165) is 0 Å². The second-order valence-corrected chi connectivity index (χ2v) is 10.3. The van der Waals surface area contributed by atoms with Gasteiger partial charge < -0.3 is 9.32 Å². The molecule has 2 aliphatic heterocycles. The number of amides is 1. The Hall–Kier alpha value is -3.32. The molecule has 0 bridgehead atoms. The zero-order valence-electron chi connectivity index (χ0n) is 18.3. The Morgan fingerprint density at radius 3 is 2.57 bits per heavy atom. The van der Waals surface area contributed by atoms with Gasteiger partial charge >= 0.3 is 12.1 Å². The number of pyridine rings is 1. The van der Waals surface area contributed by atoms with Crippen LogP contribution in [0.2, 0.25) is 0 Å². The van der Waals surface area contributed by atoms with Crippen molar-refractivity contribution in [3.05, 3.63) is 59.7 Å². The number of sulfonamides is 1. The predicted molar refractivity (Wildman–Crippen MR) is 115 cm³/mol. The van der Waals surface area contributed by atoms with Gasteiger partial charge in [0, 0.05) is 37.6 Å². The second-order valence-electron chi connectivity index (χ2n) is 8.36. The van der Waals surface area contributed by atoms with E-state index in [1.165, 1.54) is 16.4 Å². The topological polar surface area (TPSA) is 110 Å². The Kier molecular flexibility index (Phi) is 5.83. The molecule has 3 aromatic rings. The molecule has 0 N–H and O–H groups in total. The van der Waals surface area contributed by atoms with E-state index in [0.29, 0.717) is 34.4 Å². The Morgan fingerprint density at radius 1 is 1.06 bits per heavy atom. The lowest BCUT2D eigenvalue weighted by molar-refractivity contribution is -0.186. The molecule has 0 radical (unpaired) electrons. The average molecular weight is 507 g/mol. The summed E-state index contributed by atoms with van der Waals surface area (Å²) in [5, 5.41) is 8.09. The summed E-state index contributed by atoms with van der Waals surface area (Å²) < 4.78 is 72.7. The van der Waals surface area contributed by atoms with Crippen molar-refractivity contribution in [2.24, 2.45) is 0 Å². The number of carbonyl (C=O) groups excluding carboxylic acids is 1. The number of nitrogens with zero attached hydrogens (tertiary/aromatic N) is 5. The largest absolute Gasteiger partial charge is 0.471 e. The molecule has 35 heavy (non-hydrogen) atoms. The minimum atomic E-state index is -4.98. The summed E-state index contributed by atoms with van der Waals surface area (Å²) in [5.74, 6) is -1.52. The molecule has 0 spiro atoms. The zero-order chi connectivity index (χ0) is 24.8.